The van der Waals surface area contributed by atoms with Crippen molar-refractivity contribution >= 4 is 23.3 Å². The van der Waals surface area contributed by atoms with E-state index >= 15 is 0 Å². The third-order valence-electron chi connectivity index (χ3n) is 5.71. The summed E-state index contributed by atoms with van der Waals surface area (Å²) in [5.74, 6) is 0.612. The van der Waals surface area contributed by atoms with Crippen LogP contribution in [0.1, 0.15) is 24.0 Å². The van der Waals surface area contributed by atoms with Crippen LogP contribution in [0.5, 0.6) is 0 Å². The third-order valence-corrected chi connectivity index (χ3v) is 5.71. The van der Waals surface area contributed by atoms with Crippen LogP contribution < -0.4 is 9.80 Å². The van der Waals surface area contributed by atoms with Crippen molar-refractivity contribution in [2.75, 3.05) is 42.5 Å². The lowest BCUT2D eigenvalue weighted by Gasteiger charge is -2.35. The molecule has 0 radical (unpaired) electrons. The number of nitrogens with zero attached hydrogens (tertiary/aromatic N) is 4. The summed E-state index contributed by atoms with van der Waals surface area (Å²) >= 11 is 0. The average molecular weight is 432 g/mol. The van der Waals surface area contributed by atoms with Gasteiger partial charge < -0.3 is 14.7 Å². The van der Waals surface area contributed by atoms with E-state index in [4.69, 9.17) is 0 Å². The Morgan fingerprint density at radius 2 is 1.68 bits per heavy atom. The van der Waals surface area contributed by atoms with Crippen LogP contribution in [0.3, 0.4) is 0 Å². The van der Waals surface area contributed by atoms with Gasteiger partial charge in [-0.3, -0.25) is 9.59 Å². The molecule has 2 fully saturated rings. The van der Waals surface area contributed by atoms with Crippen LogP contribution in [-0.2, 0) is 22.2 Å². The van der Waals surface area contributed by atoms with Gasteiger partial charge in [-0.25, -0.2) is 4.98 Å². The fraction of sp³-hybridized carbons (Fsp3) is 0.409. The van der Waals surface area contributed by atoms with E-state index in [1.807, 2.05) is 29.2 Å². The van der Waals surface area contributed by atoms with Gasteiger partial charge in [0.05, 0.1) is 12.0 Å². The molecule has 4 rings (SSSR count). The average Bonchev–Trinajstić information content (AvgIpc) is 3.20. The second-order valence-corrected chi connectivity index (χ2v) is 7.76. The molecule has 6 nitrogen and oxygen atoms in total. The Balaban J connectivity index is 1.30. The predicted octanol–water partition coefficient (Wildman–Crippen LogP) is 3.12. The van der Waals surface area contributed by atoms with Crippen LogP contribution in [0, 0.1) is 0 Å². The molecular formula is C22H23F3N4O2. The molecule has 2 aliphatic heterocycles. The topological polar surface area (TPSA) is 56.8 Å². The van der Waals surface area contributed by atoms with Gasteiger partial charge in [0.2, 0.25) is 11.8 Å². The molecule has 9 heteroatoms. The molecule has 2 saturated heterocycles. The van der Waals surface area contributed by atoms with Crippen molar-refractivity contribution in [3.8, 4) is 0 Å². The Morgan fingerprint density at radius 1 is 0.968 bits per heavy atom. The SMILES string of the molecule is O=C(Cc1ccc(N2CCCC2=O)cc1)N1CCN(c2ccc(C(F)(F)F)cn2)CC1. The van der Waals surface area contributed by atoms with Crippen molar-refractivity contribution in [3.63, 3.8) is 0 Å². The molecule has 0 saturated carbocycles. The first kappa shape index (κ1) is 21.1. The second-order valence-electron chi connectivity index (χ2n) is 7.76. The van der Waals surface area contributed by atoms with Crippen LogP contribution in [0.4, 0.5) is 24.7 Å². The number of benzene rings is 1. The molecule has 1 aromatic heterocycles. The van der Waals surface area contributed by atoms with Gasteiger partial charge in [0.1, 0.15) is 5.82 Å². The number of hydrogen-bond acceptors (Lipinski definition) is 4. The Morgan fingerprint density at radius 3 is 2.23 bits per heavy atom. The number of aromatic nitrogens is 1. The lowest BCUT2D eigenvalue weighted by Crippen LogP contribution is -2.49. The zero-order valence-electron chi connectivity index (χ0n) is 16.9. The van der Waals surface area contributed by atoms with E-state index in [0.29, 0.717) is 38.4 Å². The number of anilines is 2. The number of amides is 2. The Hall–Kier alpha value is -3.10. The molecule has 0 N–H and O–H groups in total. The number of rotatable bonds is 4. The molecule has 2 aromatic rings. The number of carbonyl (C=O) groups is 2. The summed E-state index contributed by atoms with van der Waals surface area (Å²) in [5, 5.41) is 0. The van der Waals surface area contributed by atoms with Crippen LogP contribution in [0.25, 0.3) is 0 Å². The van der Waals surface area contributed by atoms with Crippen molar-refractivity contribution in [1.82, 2.24) is 9.88 Å². The molecule has 0 bridgehead atoms. The maximum absolute atomic E-state index is 12.7. The Bertz CT molecular complexity index is 937. The third kappa shape index (κ3) is 4.81. The minimum absolute atomic E-state index is 0.00466. The number of carbonyl (C=O) groups excluding carboxylic acids is 2. The monoisotopic (exact) mass is 432 g/mol. The first-order valence-electron chi connectivity index (χ1n) is 10.3. The van der Waals surface area contributed by atoms with Crippen LogP contribution in [0.2, 0.25) is 0 Å². The standard InChI is InChI=1S/C22H23F3N4O2/c23-22(24,25)17-5-8-19(26-15-17)27-10-12-28(13-11-27)21(31)14-16-3-6-18(7-4-16)29-9-1-2-20(29)30/h3-8,15H,1-2,9-14H2. The molecule has 0 unspecified atom stereocenters. The Kier molecular flexibility index (Phi) is 5.84. The second kappa shape index (κ2) is 8.56. The van der Waals surface area contributed by atoms with E-state index in [2.05, 4.69) is 4.98 Å². The van der Waals surface area contributed by atoms with Crippen molar-refractivity contribution in [1.29, 1.82) is 0 Å². The highest BCUT2D eigenvalue weighted by Gasteiger charge is 2.31. The number of alkyl halides is 3. The van der Waals surface area contributed by atoms with Crippen LogP contribution >= 0.6 is 0 Å². The van der Waals surface area contributed by atoms with Gasteiger partial charge in [0.25, 0.3) is 0 Å². The molecule has 0 atom stereocenters. The number of pyridine rings is 1. The fourth-order valence-corrected chi connectivity index (χ4v) is 3.93. The lowest BCUT2D eigenvalue weighted by atomic mass is 10.1. The quantitative estimate of drug-likeness (QED) is 0.745. The highest BCUT2D eigenvalue weighted by molar-refractivity contribution is 5.95. The summed E-state index contributed by atoms with van der Waals surface area (Å²) in [4.78, 5) is 33.8. The fourth-order valence-electron chi connectivity index (χ4n) is 3.93. The Labute approximate surface area is 178 Å². The van der Waals surface area contributed by atoms with E-state index in [0.717, 1.165) is 36.5 Å². The summed E-state index contributed by atoms with van der Waals surface area (Å²) in [6.45, 7) is 2.74. The van der Waals surface area contributed by atoms with Gasteiger partial charge in [0, 0.05) is 51.0 Å². The van der Waals surface area contributed by atoms with Gasteiger partial charge in [-0.1, -0.05) is 12.1 Å². The lowest BCUT2D eigenvalue weighted by molar-refractivity contribution is -0.138. The minimum Gasteiger partial charge on any atom is -0.353 e. The maximum atomic E-state index is 12.7. The van der Waals surface area contributed by atoms with E-state index in [-0.39, 0.29) is 18.2 Å². The van der Waals surface area contributed by atoms with Crippen LogP contribution in [0.15, 0.2) is 42.6 Å². The molecule has 164 valence electrons. The maximum Gasteiger partial charge on any atom is 0.417 e. The molecule has 1 aromatic carbocycles. The highest BCUT2D eigenvalue weighted by Crippen LogP contribution is 2.29. The zero-order chi connectivity index (χ0) is 22.0. The largest absolute Gasteiger partial charge is 0.417 e. The molecule has 31 heavy (non-hydrogen) atoms. The van der Waals surface area contributed by atoms with E-state index in [9.17, 15) is 22.8 Å². The first-order valence-corrected chi connectivity index (χ1v) is 10.3. The summed E-state index contributed by atoms with van der Waals surface area (Å²) in [5.41, 5.74) is 0.966. The van der Waals surface area contributed by atoms with Crippen molar-refractivity contribution < 1.29 is 22.8 Å². The molecule has 0 spiro atoms. The zero-order valence-corrected chi connectivity index (χ0v) is 16.9. The van der Waals surface area contributed by atoms with Crippen molar-refractivity contribution in [2.24, 2.45) is 0 Å². The molecular weight excluding hydrogens is 409 g/mol. The molecule has 2 amide bonds. The predicted molar refractivity (Wildman–Crippen MR) is 110 cm³/mol. The van der Waals surface area contributed by atoms with Crippen molar-refractivity contribution in [3.05, 3.63) is 53.7 Å². The van der Waals surface area contributed by atoms with E-state index in [1.165, 1.54) is 6.07 Å². The normalized spacial score (nSPS) is 17.4. The van der Waals surface area contributed by atoms with Gasteiger partial charge in [-0.05, 0) is 36.2 Å². The van der Waals surface area contributed by atoms with Gasteiger partial charge >= 0.3 is 6.18 Å². The van der Waals surface area contributed by atoms with E-state index < -0.39 is 11.7 Å². The van der Waals surface area contributed by atoms with Gasteiger partial charge in [-0.15, -0.1) is 0 Å². The molecule has 2 aliphatic rings. The first-order chi connectivity index (χ1) is 14.8. The smallest absolute Gasteiger partial charge is 0.353 e. The minimum atomic E-state index is -4.40. The highest BCUT2D eigenvalue weighted by atomic mass is 19.4. The van der Waals surface area contributed by atoms with Gasteiger partial charge in [0.15, 0.2) is 0 Å². The number of hydrogen-bond donors (Lipinski definition) is 0. The van der Waals surface area contributed by atoms with E-state index in [1.54, 1.807) is 9.80 Å². The summed E-state index contributed by atoms with van der Waals surface area (Å²) in [6.07, 6.45) is -1.85. The van der Waals surface area contributed by atoms with Crippen molar-refractivity contribution in [2.45, 2.75) is 25.4 Å². The summed E-state index contributed by atoms with van der Waals surface area (Å²) in [7, 11) is 0. The molecule has 3 heterocycles. The number of piperazine rings is 1. The molecule has 0 aliphatic carbocycles. The van der Waals surface area contributed by atoms with Gasteiger partial charge in [-0.2, -0.15) is 13.2 Å². The number of halogens is 3. The summed E-state index contributed by atoms with van der Waals surface area (Å²) in [6, 6.07) is 9.90. The van der Waals surface area contributed by atoms with Crippen LogP contribution in [-0.4, -0.2) is 54.4 Å². The summed E-state index contributed by atoms with van der Waals surface area (Å²) < 4.78 is 38.1.